The second-order valence-electron chi connectivity index (χ2n) is 5.92. The van der Waals surface area contributed by atoms with Crippen molar-refractivity contribution in [3.8, 4) is 0 Å². The molecule has 3 aliphatic carbocycles. The molecule has 18 heavy (non-hydrogen) atoms. The Bertz CT molecular complexity index is 482. The van der Waals surface area contributed by atoms with E-state index in [2.05, 4.69) is 0 Å². The van der Waals surface area contributed by atoms with Crippen LogP contribution in [0.3, 0.4) is 0 Å². The third kappa shape index (κ3) is 1.43. The van der Waals surface area contributed by atoms with Gasteiger partial charge < -0.3 is 4.74 Å². The molecule has 3 aliphatic rings. The zero-order valence-corrected chi connectivity index (χ0v) is 11.7. The summed E-state index contributed by atoms with van der Waals surface area (Å²) < 4.78 is 5.57. The van der Waals surface area contributed by atoms with Crippen molar-refractivity contribution in [1.29, 1.82) is 0 Å². The van der Waals surface area contributed by atoms with Crippen LogP contribution < -0.4 is 0 Å². The van der Waals surface area contributed by atoms with E-state index in [0.29, 0.717) is 17.9 Å². The lowest BCUT2D eigenvalue weighted by molar-refractivity contribution is -0.214. The fourth-order valence-electron chi connectivity index (χ4n) is 3.11. The summed E-state index contributed by atoms with van der Waals surface area (Å²) in [4.78, 5) is 24.2. The van der Waals surface area contributed by atoms with Gasteiger partial charge in [0.1, 0.15) is 0 Å². The molecule has 98 valence electrons. The van der Waals surface area contributed by atoms with E-state index in [9.17, 15) is 9.59 Å². The predicted octanol–water partition coefficient (Wildman–Crippen LogP) is 2.81. The van der Waals surface area contributed by atoms with Crippen molar-refractivity contribution in [2.24, 2.45) is 11.3 Å². The Morgan fingerprint density at radius 3 is 2.56 bits per heavy atom. The average Bonchev–Trinajstić information content (AvgIpc) is 2.30. The Hall–Kier alpha value is -1.38. The van der Waals surface area contributed by atoms with Crippen molar-refractivity contribution >= 4 is 11.8 Å². The molecule has 1 fully saturated rings. The molecule has 3 nitrogen and oxygen atoms in total. The van der Waals surface area contributed by atoms with Gasteiger partial charge in [0, 0.05) is 17.4 Å². The molecule has 0 spiro atoms. The van der Waals surface area contributed by atoms with Crippen LogP contribution in [0, 0.1) is 11.3 Å². The molecule has 1 saturated carbocycles. The molecule has 2 atom stereocenters. The topological polar surface area (TPSA) is 43.4 Å². The van der Waals surface area contributed by atoms with Crippen LogP contribution in [0.15, 0.2) is 23.3 Å². The lowest BCUT2D eigenvalue weighted by Gasteiger charge is -2.61. The van der Waals surface area contributed by atoms with Gasteiger partial charge in [-0.25, -0.2) is 4.79 Å². The Morgan fingerprint density at radius 2 is 2.11 bits per heavy atom. The van der Waals surface area contributed by atoms with E-state index in [4.69, 9.17) is 4.74 Å². The number of carbonyl (C=O) groups excluding carboxylic acids is 2. The van der Waals surface area contributed by atoms with Crippen LogP contribution in [0.1, 0.15) is 41.0 Å². The molecule has 0 heterocycles. The van der Waals surface area contributed by atoms with Gasteiger partial charge in [0.15, 0.2) is 11.4 Å². The largest absolute Gasteiger partial charge is 0.447 e. The van der Waals surface area contributed by atoms with E-state index in [-0.39, 0.29) is 17.2 Å². The van der Waals surface area contributed by atoms with E-state index < -0.39 is 5.60 Å². The zero-order valence-electron chi connectivity index (χ0n) is 11.7. The highest BCUT2D eigenvalue weighted by Gasteiger charge is 2.69. The van der Waals surface area contributed by atoms with Gasteiger partial charge in [0.25, 0.3) is 0 Å². The maximum atomic E-state index is 12.3. The van der Waals surface area contributed by atoms with Gasteiger partial charge in [-0.1, -0.05) is 25.5 Å². The fourth-order valence-corrected chi connectivity index (χ4v) is 3.11. The first-order valence-corrected chi connectivity index (χ1v) is 6.35. The van der Waals surface area contributed by atoms with Gasteiger partial charge in [0.05, 0.1) is 0 Å². The molecule has 0 amide bonds. The lowest BCUT2D eigenvalue weighted by atomic mass is 9.45. The van der Waals surface area contributed by atoms with E-state index in [1.54, 1.807) is 26.0 Å². The van der Waals surface area contributed by atoms with Crippen molar-refractivity contribution in [2.75, 3.05) is 0 Å². The van der Waals surface area contributed by atoms with Crippen molar-refractivity contribution in [3.63, 3.8) is 0 Å². The minimum atomic E-state index is -0.946. The number of allylic oxidation sites excluding steroid dienone is 2. The first-order chi connectivity index (χ1) is 8.26. The zero-order chi connectivity index (χ0) is 13.7. The first-order valence-electron chi connectivity index (χ1n) is 6.35. The second-order valence-corrected chi connectivity index (χ2v) is 5.92. The first kappa shape index (κ1) is 13.1. The number of hydrogen-bond donors (Lipinski definition) is 0. The molecule has 0 aromatic rings. The van der Waals surface area contributed by atoms with Crippen LogP contribution in [0.25, 0.3) is 0 Å². The monoisotopic (exact) mass is 248 g/mol. The Kier molecular flexibility index (Phi) is 2.76. The van der Waals surface area contributed by atoms with Crippen molar-refractivity contribution in [1.82, 2.24) is 0 Å². The van der Waals surface area contributed by atoms with Crippen LogP contribution in [-0.2, 0) is 14.3 Å². The quantitative estimate of drug-likeness (QED) is 0.557. The van der Waals surface area contributed by atoms with E-state index >= 15 is 0 Å². The molecule has 0 aliphatic heterocycles. The highest BCUT2D eigenvalue weighted by atomic mass is 16.6. The summed E-state index contributed by atoms with van der Waals surface area (Å²) in [6.07, 6.45) is 3.97. The van der Waals surface area contributed by atoms with Gasteiger partial charge in [-0.3, -0.25) is 4.79 Å². The van der Waals surface area contributed by atoms with Gasteiger partial charge in [-0.15, -0.1) is 0 Å². The van der Waals surface area contributed by atoms with Crippen LogP contribution >= 0.6 is 0 Å². The minimum absolute atomic E-state index is 0.0650. The number of fused-ring (bicyclic) bond motifs is 1. The molecular weight excluding hydrogens is 228 g/mol. The second kappa shape index (κ2) is 3.81. The molecule has 3 heteroatoms. The highest BCUT2D eigenvalue weighted by Crippen LogP contribution is 2.62. The van der Waals surface area contributed by atoms with Crippen molar-refractivity contribution < 1.29 is 14.3 Å². The van der Waals surface area contributed by atoms with Crippen LogP contribution in [0.2, 0.25) is 0 Å². The number of esters is 1. The molecule has 0 radical (unpaired) electrons. The van der Waals surface area contributed by atoms with Gasteiger partial charge in [0.2, 0.25) is 0 Å². The average molecular weight is 248 g/mol. The third-order valence-corrected chi connectivity index (χ3v) is 4.73. The maximum absolute atomic E-state index is 12.3. The van der Waals surface area contributed by atoms with Crippen LogP contribution in [0.4, 0.5) is 0 Å². The van der Waals surface area contributed by atoms with E-state index in [1.807, 2.05) is 20.8 Å². The molecule has 0 N–H and O–H groups in total. The summed E-state index contributed by atoms with van der Waals surface area (Å²) in [5, 5.41) is 0. The fraction of sp³-hybridized carbons (Fsp3) is 0.600. The normalized spacial score (nSPS) is 33.6. The third-order valence-electron chi connectivity index (χ3n) is 4.73. The summed E-state index contributed by atoms with van der Waals surface area (Å²) in [6.45, 7) is 9.49. The molecular formula is C15H20O3. The summed E-state index contributed by atoms with van der Waals surface area (Å²) in [5.74, 6) is -0.107. The Labute approximate surface area is 108 Å². The highest BCUT2D eigenvalue weighted by molar-refractivity contribution is 6.03. The maximum Gasteiger partial charge on any atom is 0.334 e. The van der Waals surface area contributed by atoms with E-state index in [1.165, 1.54) is 0 Å². The van der Waals surface area contributed by atoms with Gasteiger partial charge in [-0.05, 0) is 32.8 Å². The number of carbonyl (C=O) groups is 2. The van der Waals surface area contributed by atoms with E-state index in [0.717, 1.165) is 5.57 Å². The van der Waals surface area contributed by atoms with Crippen LogP contribution in [0.5, 0.6) is 0 Å². The SMILES string of the molecule is C/C=C(/C)C(=O)OC12CC(C(C)=CC1=O)C2(C)C. The molecule has 0 saturated heterocycles. The number of ether oxygens (including phenoxy) is 1. The molecule has 3 rings (SSSR count). The van der Waals surface area contributed by atoms with Crippen molar-refractivity contribution in [2.45, 2.75) is 46.6 Å². The summed E-state index contributed by atoms with van der Waals surface area (Å²) in [5.41, 5.74) is 0.402. The molecule has 0 aromatic carbocycles. The minimum Gasteiger partial charge on any atom is -0.447 e. The predicted molar refractivity (Wildman–Crippen MR) is 68.9 cm³/mol. The van der Waals surface area contributed by atoms with Gasteiger partial charge >= 0.3 is 5.97 Å². The lowest BCUT2D eigenvalue weighted by Crippen LogP contribution is -2.69. The van der Waals surface area contributed by atoms with Crippen LogP contribution in [-0.4, -0.2) is 17.4 Å². The summed E-state index contributed by atoms with van der Waals surface area (Å²) in [6, 6.07) is 0. The number of ketones is 1. The summed E-state index contributed by atoms with van der Waals surface area (Å²) in [7, 11) is 0. The van der Waals surface area contributed by atoms with Gasteiger partial charge in [-0.2, -0.15) is 0 Å². The molecule has 0 aromatic heterocycles. The Balaban J connectivity index is 2.33. The summed E-state index contributed by atoms with van der Waals surface area (Å²) >= 11 is 0. The molecule has 2 unspecified atom stereocenters. The molecule has 2 bridgehead atoms. The smallest absolute Gasteiger partial charge is 0.334 e. The standard InChI is InChI=1S/C15H20O3/c1-6-9(2)13(17)18-15-8-11(14(15,4)5)10(3)7-12(15)16/h6-7,11H,8H2,1-5H3/b9-6-. The number of rotatable bonds is 2. The Morgan fingerprint density at radius 1 is 1.50 bits per heavy atom. The number of hydrogen-bond acceptors (Lipinski definition) is 3. The van der Waals surface area contributed by atoms with Crippen molar-refractivity contribution in [3.05, 3.63) is 23.3 Å².